The van der Waals surface area contributed by atoms with Gasteiger partial charge in [0.05, 0.1) is 6.04 Å². The normalized spacial score (nSPS) is 11.8. The fourth-order valence-electron chi connectivity index (χ4n) is 2.27. The number of hydrogen-bond acceptors (Lipinski definition) is 2. The lowest BCUT2D eigenvalue weighted by atomic mass is 10.0. The zero-order chi connectivity index (χ0) is 15.4. The molecule has 3 nitrogen and oxygen atoms in total. The molecule has 21 heavy (non-hydrogen) atoms. The van der Waals surface area contributed by atoms with Crippen molar-refractivity contribution in [2.45, 2.75) is 33.7 Å². The van der Waals surface area contributed by atoms with E-state index in [0.29, 0.717) is 5.11 Å². The van der Waals surface area contributed by atoms with E-state index in [1.807, 2.05) is 25.1 Å². The van der Waals surface area contributed by atoms with Gasteiger partial charge in [0.25, 0.3) is 0 Å². The average Bonchev–Trinajstić information content (AvgIpc) is 2.41. The third-order valence-electron chi connectivity index (χ3n) is 3.38. The molecule has 1 aromatic heterocycles. The van der Waals surface area contributed by atoms with E-state index >= 15 is 0 Å². The summed E-state index contributed by atoms with van der Waals surface area (Å²) in [5, 5.41) is 7.02. The highest BCUT2D eigenvalue weighted by molar-refractivity contribution is 7.80. The van der Waals surface area contributed by atoms with Gasteiger partial charge >= 0.3 is 0 Å². The highest BCUT2D eigenvalue weighted by Crippen LogP contribution is 2.19. The Morgan fingerprint density at radius 1 is 1.14 bits per heavy atom. The Morgan fingerprint density at radius 3 is 2.62 bits per heavy atom. The minimum Gasteiger partial charge on any atom is -0.356 e. The Bertz CT molecular complexity index is 652. The number of aromatic nitrogens is 1. The molecular weight excluding hydrogens is 278 g/mol. The van der Waals surface area contributed by atoms with Gasteiger partial charge in [0, 0.05) is 5.69 Å². The predicted octanol–water partition coefficient (Wildman–Crippen LogP) is 4.05. The molecule has 0 amide bonds. The summed E-state index contributed by atoms with van der Waals surface area (Å²) in [6.07, 6.45) is 0. The van der Waals surface area contributed by atoms with Gasteiger partial charge in [0.1, 0.15) is 5.82 Å². The second-order valence-corrected chi connectivity index (χ2v) is 5.75. The molecule has 1 atom stereocenters. The zero-order valence-corrected chi connectivity index (χ0v) is 13.7. The van der Waals surface area contributed by atoms with Gasteiger partial charge in [0.2, 0.25) is 0 Å². The van der Waals surface area contributed by atoms with Crippen LogP contribution in [0.3, 0.4) is 0 Å². The predicted molar refractivity (Wildman–Crippen MR) is 92.7 cm³/mol. The van der Waals surface area contributed by atoms with Crippen molar-refractivity contribution in [1.82, 2.24) is 10.3 Å². The van der Waals surface area contributed by atoms with Crippen LogP contribution in [0.5, 0.6) is 0 Å². The lowest BCUT2D eigenvalue weighted by Crippen LogP contribution is -2.31. The first-order valence-corrected chi connectivity index (χ1v) is 7.45. The molecular formula is C17H21N3S. The first-order valence-electron chi connectivity index (χ1n) is 7.04. The van der Waals surface area contributed by atoms with E-state index in [2.05, 4.69) is 54.6 Å². The van der Waals surface area contributed by atoms with Crippen LogP contribution in [0.2, 0.25) is 0 Å². The smallest absolute Gasteiger partial charge is 0.172 e. The summed E-state index contributed by atoms with van der Waals surface area (Å²) in [5.74, 6) is 0.765. The lowest BCUT2D eigenvalue weighted by molar-refractivity contribution is 0.716. The van der Waals surface area contributed by atoms with Crippen molar-refractivity contribution in [2.24, 2.45) is 0 Å². The maximum absolute atomic E-state index is 5.37. The van der Waals surface area contributed by atoms with Crippen molar-refractivity contribution >= 4 is 23.1 Å². The zero-order valence-electron chi connectivity index (χ0n) is 12.9. The fourth-order valence-corrected chi connectivity index (χ4v) is 2.55. The SMILES string of the molecule is Cc1ccc(C)c(C(C)NC(=S)Nc2cccc(C)n2)c1. The van der Waals surface area contributed by atoms with E-state index in [4.69, 9.17) is 12.2 Å². The van der Waals surface area contributed by atoms with Gasteiger partial charge in [-0.25, -0.2) is 4.98 Å². The first kappa shape index (κ1) is 15.4. The second-order valence-electron chi connectivity index (χ2n) is 5.34. The largest absolute Gasteiger partial charge is 0.356 e. The summed E-state index contributed by atoms with van der Waals surface area (Å²) in [7, 11) is 0. The molecule has 1 heterocycles. The van der Waals surface area contributed by atoms with Gasteiger partial charge in [-0.2, -0.15) is 0 Å². The molecule has 0 saturated carbocycles. The van der Waals surface area contributed by atoms with Crippen molar-refractivity contribution in [3.8, 4) is 0 Å². The molecule has 4 heteroatoms. The number of anilines is 1. The Kier molecular flexibility index (Phi) is 4.91. The Labute approximate surface area is 131 Å². The van der Waals surface area contributed by atoms with Gasteiger partial charge < -0.3 is 10.6 Å². The third-order valence-corrected chi connectivity index (χ3v) is 3.60. The molecule has 2 aromatic rings. The van der Waals surface area contributed by atoms with Gasteiger partial charge in [-0.1, -0.05) is 29.8 Å². The highest BCUT2D eigenvalue weighted by Gasteiger charge is 2.10. The third kappa shape index (κ3) is 4.26. The van der Waals surface area contributed by atoms with Crippen molar-refractivity contribution < 1.29 is 0 Å². The summed E-state index contributed by atoms with van der Waals surface area (Å²) in [5.41, 5.74) is 4.74. The summed E-state index contributed by atoms with van der Waals surface area (Å²) in [6.45, 7) is 8.29. The van der Waals surface area contributed by atoms with E-state index in [-0.39, 0.29) is 6.04 Å². The van der Waals surface area contributed by atoms with Crippen molar-refractivity contribution in [3.63, 3.8) is 0 Å². The minimum atomic E-state index is 0.148. The molecule has 0 aliphatic heterocycles. The lowest BCUT2D eigenvalue weighted by Gasteiger charge is -2.19. The Balaban J connectivity index is 2.03. The molecule has 0 saturated heterocycles. The van der Waals surface area contributed by atoms with Crippen LogP contribution < -0.4 is 10.6 Å². The van der Waals surface area contributed by atoms with Gasteiger partial charge in [-0.3, -0.25) is 0 Å². The molecule has 0 aliphatic rings. The van der Waals surface area contributed by atoms with Crippen LogP contribution in [0.25, 0.3) is 0 Å². The number of nitrogens with zero attached hydrogens (tertiary/aromatic N) is 1. The monoisotopic (exact) mass is 299 g/mol. The number of hydrogen-bond donors (Lipinski definition) is 2. The van der Waals surface area contributed by atoms with E-state index in [9.17, 15) is 0 Å². The average molecular weight is 299 g/mol. The molecule has 0 radical (unpaired) electrons. The minimum absolute atomic E-state index is 0.148. The summed E-state index contributed by atoms with van der Waals surface area (Å²) in [6, 6.07) is 12.4. The summed E-state index contributed by atoms with van der Waals surface area (Å²) in [4.78, 5) is 4.39. The maximum atomic E-state index is 5.37. The van der Waals surface area contributed by atoms with Crippen LogP contribution >= 0.6 is 12.2 Å². The van der Waals surface area contributed by atoms with Crippen LogP contribution in [0, 0.1) is 20.8 Å². The Morgan fingerprint density at radius 2 is 1.90 bits per heavy atom. The molecule has 110 valence electrons. The summed E-state index contributed by atoms with van der Waals surface area (Å²) < 4.78 is 0. The van der Waals surface area contributed by atoms with Crippen molar-refractivity contribution in [3.05, 3.63) is 58.8 Å². The van der Waals surface area contributed by atoms with Crippen LogP contribution in [0.4, 0.5) is 5.82 Å². The molecule has 2 rings (SSSR count). The number of benzene rings is 1. The standard InChI is InChI=1S/C17H21N3S/c1-11-8-9-12(2)15(10-11)14(4)19-17(21)20-16-7-5-6-13(3)18-16/h5-10,14H,1-4H3,(H2,18,19,20,21). The summed E-state index contributed by atoms with van der Waals surface area (Å²) >= 11 is 5.37. The molecule has 0 aliphatic carbocycles. The molecule has 0 fully saturated rings. The molecule has 1 aromatic carbocycles. The van der Waals surface area contributed by atoms with Crippen molar-refractivity contribution in [2.75, 3.05) is 5.32 Å². The van der Waals surface area contributed by atoms with Crippen LogP contribution in [-0.2, 0) is 0 Å². The first-order chi connectivity index (χ1) is 9.95. The fraction of sp³-hybridized carbons (Fsp3) is 0.294. The van der Waals surface area contributed by atoms with Gasteiger partial charge in [0.15, 0.2) is 5.11 Å². The van der Waals surface area contributed by atoms with Gasteiger partial charge in [-0.05, 0) is 63.2 Å². The molecule has 0 bridgehead atoms. The van der Waals surface area contributed by atoms with Gasteiger partial charge in [-0.15, -0.1) is 0 Å². The number of nitrogens with one attached hydrogen (secondary N) is 2. The van der Waals surface area contributed by atoms with E-state index < -0.39 is 0 Å². The molecule has 1 unspecified atom stereocenters. The van der Waals surface area contributed by atoms with Crippen LogP contribution in [0.15, 0.2) is 36.4 Å². The number of rotatable bonds is 3. The highest BCUT2D eigenvalue weighted by atomic mass is 32.1. The number of aryl methyl sites for hydroxylation is 3. The number of thiocarbonyl (C=S) groups is 1. The molecule has 2 N–H and O–H groups in total. The Hall–Kier alpha value is -1.94. The quantitative estimate of drug-likeness (QED) is 0.838. The van der Waals surface area contributed by atoms with E-state index in [1.165, 1.54) is 16.7 Å². The van der Waals surface area contributed by atoms with E-state index in [0.717, 1.165) is 11.5 Å². The van der Waals surface area contributed by atoms with Crippen LogP contribution in [-0.4, -0.2) is 10.1 Å². The van der Waals surface area contributed by atoms with Crippen molar-refractivity contribution in [1.29, 1.82) is 0 Å². The van der Waals surface area contributed by atoms with E-state index in [1.54, 1.807) is 0 Å². The second kappa shape index (κ2) is 6.68. The maximum Gasteiger partial charge on any atom is 0.172 e. The molecule has 0 spiro atoms. The number of pyridine rings is 1. The topological polar surface area (TPSA) is 37.0 Å². The van der Waals surface area contributed by atoms with Crippen LogP contribution in [0.1, 0.15) is 35.3 Å².